The van der Waals surface area contributed by atoms with Gasteiger partial charge in [0.25, 0.3) is 5.91 Å². The second-order valence-corrected chi connectivity index (χ2v) is 9.16. The number of nitrogens with one attached hydrogen (secondary N) is 1. The largest absolute Gasteiger partial charge is 0.482 e. The van der Waals surface area contributed by atoms with E-state index in [1.165, 1.54) is 6.07 Å². The molecule has 1 N–H and O–H groups in total. The highest BCUT2D eigenvalue weighted by molar-refractivity contribution is 6.42. The number of nitro groups is 1. The van der Waals surface area contributed by atoms with Crippen molar-refractivity contribution in [2.45, 2.75) is 20.1 Å². The Morgan fingerprint density at radius 1 is 1.03 bits per heavy atom. The number of carbonyl (C=O) groups excluding carboxylic acids is 1. The Kier molecular flexibility index (Phi) is 7.79. The number of aryl methyl sites for hydroxylation is 1. The van der Waals surface area contributed by atoms with E-state index >= 15 is 0 Å². The van der Waals surface area contributed by atoms with Crippen molar-refractivity contribution in [3.8, 4) is 5.75 Å². The number of amides is 1. The summed E-state index contributed by atoms with van der Waals surface area (Å²) in [5.41, 5.74) is 2.52. The quantitative estimate of drug-likeness (QED) is 0.191. The summed E-state index contributed by atoms with van der Waals surface area (Å²) in [5.74, 6) is -0.0572. The first-order valence-electron chi connectivity index (χ1n) is 10.6. The molecule has 4 rings (SSSR count). The third-order valence-electron chi connectivity index (χ3n) is 5.17. The SMILES string of the molecule is Cc1ccc(OCc2cccc(C(=O)Nc3nn(Cc4ccc(Cl)c(Cl)c4)cc3Cl)c2)c([N+](=O)[O-])c1. The van der Waals surface area contributed by atoms with Crippen molar-refractivity contribution in [2.75, 3.05) is 5.32 Å². The molecule has 1 amide bonds. The monoisotopic (exact) mass is 544 g/mol. The lowest BCUT2D eigenvalue weighted by molar-refractivity contribution is -0.386. The van der Waals surface area contributed by atoms with E-state index in [1.54, 1.807) is 66.3 Å². The van der Waals surface area contributed by atoms with Crippen LogP contribution in [0.25, 0.3) is 0 Å². The third-order valence-corrected chi connectivity index (χ3v) is 6.19. The summed E-state index contributed by atoms with van der Waals surface area (Å²) < 4.78 is 7.24. The Morgan fingerprint density at radius 2 is 1.83 bits per heavy atom. The smallest absolute Gasteiger partial charge is 0.311 e. The second kappa shape index (κ2) is 11.0. The number of hydrogen-bond donors (Lipinski definition) is 1. The van der Waals surface area contributed by atoms with Crippen LogP contribution in [0.15, 0.2) is 66.9 Å². The van der Waals surface area contributed by atoms with Gasteiger partial charge in [-0.1, -0.05) is 59.1 Å². The van der Waals surface area contributed by atoms with Gasteiger partial charge in [0.05, 0.1) is 21.5 Å². The summed E-state index contributed by atoms with van der Waals surface area (Å²) >= 11 is 18.3. The predicted molar refractivity (Wildman–Crippen MR) is 139 cm³/mol. The molecule has 0 aliphatic rings. The molecule has 11 heteroatoms. The number of anilines is 1. The predicted octanol–water partition coefficient (Wildman–Crippen LogP) is 6.94. The lowest BCUT2D eigenvalue weighted by Gasteiger charge is -2.09. The highest BCUT2D eigenvalue weighted by Crippen LogP contribution is 2.29. The number of benzene rings is 3. The van der Waals surface area contributed by atoms with Crippen LogP contribution in [0.2, 0.25) is 15.1 Å². The van der Waals surface area contributed by atoms with Crippen molar-refractivity contribution in [3.63, 3.8) is 0 Å². The summed E-state index contributed by atoms with van der Waals surface area (Å²) in [6.45, 7) is 2.19. The van der Waals surface area contributed by atoms with Gasteiger partial charge in [0.1, 0.15) is 11.6 Å². The molecule has 4 aromatic rings. The van der Waals surface area contributed by atoms with Crippen LogP contribution in [0.4, 0.5) is 11.5 Å². The van der Waals surface area contributed by atoms with Crippen LogP contribution >= 0.6 is 34.8 Å². The van der Waals surface area contributed by atoms with Crippen molar-refractivity contribution in [1.82, 2.24) is 9.78 Å². The minimum absolute atomic E-state index is 0.0457. The molecule has 0 fully saturated rings. The molecule has 0 unspecified atom stereocenters. The molecule has 0 radical (unpaired) electrons. The molecule has 0 saturated heterocycles. The van der Waals surface area contributed by atoms with Crippen LogP contribution in [0.5, 0.6) is 5.75 Å². The van der Waals surface area contributed by atoms with Gasteiger partial charge in [-0.05, 0) is 53.9 Å². The molecular formula is C25H19Cl3N4O4. The summed E-state index contributed by atoms with van der Waals surface area (Å²) in [6, 6.07) is 16.7. The highest BCUT2D eigenvalue weighted by Gasteiger charge is 2.16. The summed E-state index contributed by atoms with van der Waals surface area (Å²) in [6.07, 6.45) is 1.60. The first-order valence-corrected chi connectivity index (χ1v) is 11.8. The zero-order valence-corrected chi connectivity index (χ0v) is 21.1. The standard InChI is InChI=1S/C25H19Cl3N4O4/c1-15-5-8-23(22(9-15)32(34)35)36-14-17-3-2-4-18(10-17)25(33)29-24-21(28)13-31(30-24)12-16-6-7-19(26)20(27)11-16/h2-11,13H,12,14H2,1H3,(H,29,30,33). The lowest BCUT2D eigenvalue weighted by Crippen LogP contribution is -2.13. The second-order valence-electron chi connectivity index (χ2n) is 7.94. The number of hydrogen-bond acceptors (Lipinski definition) is 5. The number of ether oxygens (including phenoxy) is 1. The van der Waals surface area contributed by atoms with E-state index in [1.807, 2.05) is 6.07 Å². The molecule has 184 valence electrons. The maximum Gasteiger partial charge on any atom is 0.311 e. The Morgan fingerprint density at radius 3 is 2.58 bits per heavy atom. The van der Waals surface area contributed by atoms with E-state index in [4.69, 9.17) is 39.5 Å². The van der Waals surface area contributed by atoms with Gasteiger partial charge in [0.15, 0.2) is 11.6 Å². The molecule has 0 saturated carbocycles. The maximum absolute atomic E-state index is 12.8. The summed E-state index contributed by atoms with van der Waals surface area (Å²) in [5, 5.41) is 19.5. The van der Waals surface area contributed by atoms with Crippen molar-refractivity contribution >= 4 is 52.2 Å². The van der Waals surface area contributed by atoms with E-state index in [2.05, 4.69) is 10.4 Å². The van der Waals surface area contributed by atoms with Gasteiger partial charge in [-0.3, -0.25) is 19.6 Å². The zero-order chi connectivity index (χ0) is 25.8. The molecule has 0 bridgehead atoms. The molecule has 0 atom stereocenters. The first kappa shape index (κ1) is 25.5. The molecular weight excluding hydrogens is 527 g/mol. The van der Waals surface area contributed by atoms with Gasteiger partial charge < -0.3 is 10.1 Å². The molecule has 1 heterocycles. The van der Waals surface area contributed by atoms with Gasteiger partial charge in [0.2, 0.25) is 0 Å². The van der Waals surface area contributed by atoms with E-state index in [-0.39, 0.29) is 28.9 Å². The zero-order valence-electron chi connectivity index (χ0n) is 18.9. The Labute approximate surface area is 221 Å². The van der Waals surface area contributed by atoms with Crippen LogP contribution in [-0.2, 0) is 13.2 Å². The molecule has 0 aliphatic heterocycles. The number of rotatable bonds is 8. The number of carbonyl (C=O) groups is 1. The molecule has 8 nitrogen and oxygen atoms in total. The van der Waals surface area contributed by atoms with E-state index < -0.39 is 10.8 Å². The molecule has 3 aromatic carbocycles. The van der Waals surface area contributed by atoms with Crippen molar-refractivity contribution in [3.05, 3.63) is 114 Å². The normalized spacial score (nSPS) is 10.8. The van der Waals surface area contributed by atoms with Crippen LogP contribution in [-0.4, -0.2) is 20.6 Å². The summed E-state index contributed by atoms with van der Waals surface area (Å²) in [7, 11) is 0. The van der Waals surface area contributed by atoms with Crippen LogP contribution in [0.3, 0.4) is 0 Å². The average Bonchev–Trinajstić information content (AvgIpc) is 3.18. The third kappa shape index (κ3) is 6.15. The average molecular weight is 546 g/mol. The van der Waals surface area contributed by atoms with Crippen LogP contribution in [0, 0.1) is 17.0 Å². The van der Waals surface area contributed by atoms with Gasteiger partial charge in [0, 0.05) is 17.8 Å². The maximum atomic E-state index is 12.8. The van der Waals surface area contributed by atoms with Crippen LogP contribution in [0.1, 0.15) is 27.0 Å². The Balaban J connectivity index is 1.43. The molecule has 0 aliphatic carbocycles. The fourth-order valence-corrected chi connectivity index (χ4v) is 3.94. The van der Waals surface area contributed by atoms with Gasteiger partial charge in [-0.15, -0.1) is 0 Å². The number of halogens is 3. The van der Waals surface area contributed by atoms with Crippen molar-refractivity contribution < 1.29 is 14.5 Å². The Bertz CT molecular complexity index is 1460. The molecule has 36 heavy (non-hydrogen) atoms. The van der Waals surface area contributed by atoms with Gasteiger partial charge in [-0.25, -0.2) is 0 Å². The number of aromatic nitrogens is 2. The van der Waals surface area contributed by atoms with E-state index in [9.17, 15) is 14.9 Å². The lowest BCUT2D eigenvalue weighted by atomic mass is 10.1. The highest BCUT2D eigenvalue weighted by atomic mass is 35.5. The van der Waals surface area contributed by atoms with Crippen LogP contribution < -0.4 is 10.1 Å². The number of nitrogens with zero attached hydrogens (tertiary/aromatic N) is 3. The van der Waals surface area contributed by atoms with E-state index in [0.717, 1.165) is 11.1 Å². The molecule has 0 spiro atoms. The van der Waals surface area contributed by atoms with Crippen molar-refractivity contribution in [2.24, 2.45) is 0 Å². The minimum Gasteiger partial charge on any atom is -0.482 e. The van der Waals surface area contributed by atoms with Gasteiger partial charge in [-0.2, -0.15) is 5.10 Å². The fourth-order valence-electron chi connectivity index (χ4n) is 3.42. The first-order chi connectivity index (χ1) is 17.2. The topological polar surface area (TPSA) is 99.3 Å². The van der Waals surface area contributed by atoms with E-state index in [0.29, 0.717) is 27.7 Å². The number of nitro benzene ring substituents is 1. The molecule has 1 aromatic heterocycles. The Hall–Kier alpha value is -3.59. The van der Waals surface area contributed by atoms with Crippen molar-refractivity contribution in [1.29, 1.82) is 0 Å². The minimum atomic E-state index is -0.489. The summed E-state index contributed by atoms with van der Waals surface area (Å²) in [4.78, 5) is 23.7. The fraction of sp³-hybridized carbons (Fsp3) is 0.120. The van der Waals surface area contributed by atoms with Gasteiger partial charge >= 0.3 is 5.69 Å².